The molecule has 1 aromatic rings. The quantitative estimate of drug-likeness (QED) is 0.619. The third kappa shape index (κ3) is 3.51. The summed E-state index contributed by atoms with van der Waals surface area (Å²) in [5.41, 5.74) is 1.62. The normalized spacial score (nSPS) is 9.73. The average Bonchev–Trinajstić information content (AvgIpc) is 2.17. The first-order valence-corrected chi connectivity index (χ1v) is 5.54. The van der Waals surface area contributed by atoms with Crippen molar-refractivity contribution in [2.24, 2.45) is 0 Å². The van der Waals surface area contributed by atoms with Gasteiger partial charge in [-0.2, -0.15) is 0 Å². The van der Waals surface area contributed by atoms with Gasteiger partial charge in [-0.05, 0) is 37.1 Å². The fourth-order valence-electron chi connectivity index (χ4n) is 1.27. The van der Waals surface area contributed by atoms with Crippen molar-refractivity contribution in [2.75, 3.05) is 6.61 Å². The number of carbonyl (C=O) groups excluding carboxylic acids is 1. The van der Waals surface area contributed by atoms with E-state index in [0.29, 0.717) is 12.2 Å². The summed E-state index contributed by atoms with van der Waals surface area (Å²) in [6, 6.07) is 5.54. The molecule has 0 N–H and O–H groups in total. The first kappa shape index (κ1) is 12.0. The smallest absolute Gasteiger partial charge is 0.338 e. The molecule has 0 spiro atoms. The lowest BCUT2D eigenvalue weighted by Crippen LogP contribution is -2.05. The lowest BCUT2D eigenvalue weighted by molar-refractivity contribution is 0.0526. The van der Waals surface area contributed by atoms with Crippen LogP contribution in [0.2, 0.25) is 0 Å². The van der Waals surface area contributed by atoms with E-state index in [-0.39, 0.29) is 5.97 Å². The zero-order valence-corrected chi connectivity index (χ0v) is 10.2. The molecule has 0 heterocycles. The Kier molecular flexibility index (Phi) is 4.56. The summed E-state index contributed by atoms with van der Waals surface area (Å²) in [6.45, 7) is 5.85. The standard InChI is InChI=1S/C12H13BrO2/c1-3-5-9-6-10(8-11(13)7-9)12(14)15-4-2/h3,6-8H,1,4-5H2,2H3. The molecule has 0 aliphatic carbocycles. The van der Waals surface area contributed by atoms with Gasteiger partial charge in [0.2, 0.25) is 0 Å². The Bertz CT molecular complexity index is 372. The van der Waals surface area contributed by atoms with Gasteiger partial charge >= 0.3 is 5.97 Å². The molecule has 1 aromatic carbocycles. The fourth-order valence-corrected chi connectivity index (χ4v) is 1.81. The fraction of sp³-hybridized carbons (Fsp3) is 0.250. The average molecular weight is 269 g/mol. The van der Waals surface area contributed by atoms with Crippen molar-refractivity contribution in [1.82, 2.24) is 0 Å². The summed E-state index contributed by atoms with van der Waals surface area (Å²) in [5, 5.41) is 0. The van der Waals surface area contributed by atoms with Gasteiger partial charge in [-0.25, -0.2) is 4.79 Å². The molecule has 0 atom stereocenters. The minimum atomic E-state index is -0.288. The largest absolute Gasteiger partial charge is 0.462 e. The van der Waals surface area contributed by atoms with Crippen LogP contribution in [0.15, 0.2) is 35.3 Å². The molecule has 0 aliphatic heterocycles. The van der Waals surface area contributed by atoms with Gasteiger partial charge in [0.25, 0.3) is 0 Å². The van der Waals surface area contributed by atoms with E-state index in [2.05, 4.69) is 22.5 Å². The van der Waals surface area contributed by atoms with E-state index in [4.69, 9.17) is 4.74 Å². The van der Waals surface area contributed by atoms with Gasteiger partial charge < -0.3 is 4.74 Å². The molecule has 0 unspecified atom stereocenters. The Morgan fingerprint density at radius 3 is 2.87 bits per heavy atom. The third-order valence-corrected chi connectivity index (χ3v) is 2.31. The molecule has 80 valence electrons. The van der Waals surface area contributed by atoms with Crippen molar-refractivity contribution in [3.63, 3.8) is 0 Å². The molecular weight excluding hydrogens is 256 g/mol. The molecule has 0 amide bonds. The Morgan fingerprint density at radius 1 is 1.53 bits per heavy atom. The van der Waals surface area contributed by atoms with Crippen molar-refractivity contribution >= 4 is 21.9 Å². The number of hydrogen-bond donors (Lipinski definition) is 0. The van der Waals surface area contributed by atoms with Crippen LogP contribution in [0.3, 0.4) is 0 Å². The van der Waals surface area contributed by atoms with Crippen LogP contribution in [-0.4, -0.2) is 12.6 Å². The van der Waals surface area contributed by atoms with Gasteiger partial charge in [-0.15, -0.1) is 6.58 Å². The van der Waals surface area contributed by atoms with E-state index >= 15 is 0 Å². The number of benzene rings is 1. The highest BCUT2D eigenvalue weighted by atomic mass is 79.9. The molecule has 0 saturated carbocycles. The highest BCUT2D eigenvalue weighted by molar-refractivity contribution is 9.10. The van der Waals surface area contributed by atoms with Crippen LogP contribution < -0.4 is 0 Å². The molecule has 1 rings (SSSR count). The second-order valence-electron chi connectivity index (χ2n) is 3.06. The summed E-state index contributed by atoms with van der Waals surface area (Å²) in [4.78, 5) is 11.5. The van der Waals surface area contributed by atoms with Crippen molar-refractivity contribution in [2.45, 2.75) is 13.3 Å². The molecule has 0 saturated heterocycles. The van der Waals surface area contributed by atoms with Crippen molar-refractivity contribution in [1.29, 1.82) is 0 Å². The van der Waals surface area contributed by atoms with Gasteiger partial charge in [0.15, 0.2) is 0 Å². The second kappa shape index (κ2) is 5.71. The maximum Gasteiger partial charge on any atom is 0.338 e. The molecule has 3 heteroatoms. The Balaban J connectivity index is 2.97. The van der Waals surface area contributed by atoms with E-state index in [1.807, 2.05) is 12.1 Å². The van der Waals surface area contributed by atoms with E-state index in [0.717, 1.165) is 16.5 Å². The van der Waals surface area contributed by atoms with Crippen LogP contribution in [0.4, 0.5) is 0 Å². The minimum absolute atomic E-state index is 0.288. The summed E-state index contributed by atoms with van der Waals surface area (Å²) < 4.78 is 5.81. The maximum atomic E-state index is 11.5. The van der Waals surface area contributed by atoms with Crippen LogP contribution in [-0.2, 0) is 11.2 Å². The van der Waals surface area contributed by atoms with Crippen molar-refractivity contribution < 1.29 is 9.53 Å². The maximum absolute atomic E-state index is 11.5. The highest BCUT2D eigenvalue weighted by Crippen LogP contribution is 2.17. The predicted molar refractivity (Wildman–Crippen MR) is 64.0 cm³/mol. The van der Waals surface area contributed by atoms with Crippen LogP contribution in [0.25, 0.3) is 0 Å². The van der Waals surface area contributed by atoms with Gasteiger partial charge in [0.05, 0.1) is 12.2 Å². The third-order valence-electron chi connectivity index (χ3n) is 1.85. The Hall–Kier alpha value is -1.09. The lowest BCUT2D eigenvalue weighted by atomic mass is 10.1. The highest BCUT2D eigenvalue weighted by Gasteiger charge is 2.08. The zero-order valence-electron chi connectivity index (χ0n) is 8.63. The monoisotopic (exact) mass is 268 g/mol. The molecule has 0 aromatic heterocycles. The first-order chi connectivity index (χ1) is 7.17. The number of carbonyl (C=O) groups is 1. The van der Waals surface area contributed by atoms with Crippen molar-refractivity contribution in [3.05, 3.63) is 46.5 Å². The molecule has 0 fully saturated rings. The van der Waals surface area contributed by atoms with E-state index in [9.17, 15) is 4.79 Å². The first-order valence-electron chi connectivity index (χ1n) is 4.75. The summed E-state index contributed by atoms with van der Waals surface area (Å²) in [7, 11) is 0. The molecule has 15 heavy (non-hydrogen) atoms. The number of esters is 1. The molecule has 0 radical (unpaired) electrons. The Labute approximate surface area is 98.1 Å². The number of halogens is 1. The zero-order chi connectivity index (χ0) is 11.3. The summed E-state index contributed by atoms with van der Waals surface area (Å²) >= 11 is 3.36. The predicted octanol–water partition coefficient (Wildman–Crippen LogP) is 3.35. The molecule has 0 bridgehead atoms. The topological polar surface area (TPSA) is 26.3 Å². The number of allylic oxidation sites excluding steroid dienone is 1. The molecular formula is C12H13BrO2. The van der Waals surface area contributed by atoms with E-state index in [1.54, 1.807) is 19.1 Å². The molecule has 2 nitrogen and oxygen atoms in total. The van der Waals surface area contributed by atoms with Crippen LogP contribution >= 0.6 is 15.9 Å². The summed E-state index contributed by atoms with van der Waals surface area (Å²) in [5.74, 6) is -0.288. The van der Waals surface area contributed by atoms with Gasteiger partial charge in [-0.1, -0.05) is 22.0 Å². The van der Waals surface area contributed by atoms with Gasteiger partial charge in [0.1, 0.15) is 0 Å². The van der Waals surface area contributed by atoms with Crippen LogP contribution in [0, 0.1) is 0 Å². The van der Waals surface area contributed by atoms with Crippen LogP contribution in [0.1, 0.15) is 22.8 Å². The SMILES string of the molecule is C=CCc1cc(Br)cc(C(=O)OCC)c1. The van der Waals surface area contributed by atoms with Crippen LogP contribution in [0.5, 0.6) is 0 Å². The lowest BCUT2D eigenvalue weighted by Gasteiger charge is -2.05. The minimum Gasteiger partial charge on any atom is -0.462 e. The molecule has 0 aliphatic rings. The summed E-state index contributed by atoms with van der Waals surface area (Å²) in [6.07, 6.45) is 2.54. The van der Waals surface area contributed by atoms with E-state index < -0.39 is 0 Å². The Morgan fingerprint density at radius 2 is 2.27 bits per heavy atom. The van der Waals surface area contributed by atoms with Gasteiger partial charge in [-0.3, -0.25) is 0 Å². The van der Waals surface area contributed by atoms with Gasteiger partial charge in [0, 0.05) is 4.47 Å². The van der Waals surface area contributed by atoms with E-state index in [1.165, 1.54) is 0 Å². The second-order valence-corrected chi connectivity index (χ2v) is 3.98. The number of ether oxygens (including phenoxy) is 1. The van der Waals surface area contributed by atoms with Crippen molar-refractivity contribution in [3.8, 4) is 0 Å². The number of hydrogen-bond acceptors (Lipinski definition) is 2. The number of rotatable bonds is 4.